The van der Waals surface area contributed by atoms with Crippen LogP contribution in [0.2, 0.25) is 10.0 Å². The number of benzene rings is 1. The summed E-state index contributed by atoms with van der Waals surface area (Å²) < 4.78 is 2.09. The van der Waals surface area contributed by atoms with Gasteiger partial charge in [-0.05, 0) is 93.4 Å². The van der Waals surface area contributed by atoms with Crippen LogP contribution in [0.5, 0.6) is 0 Å². The number of anilines is 1. The van der Waals surface area contributed by atoms with Crippen LogP contribution in [-0.2, 0) is 17.6 Å². The standard InChI is InChI=1S/C30H28Cl2N6O/c1-18-12-15-38-27(16-18)37-28(21-10-13-34-14-11-21)29(38)22-6-9-26(36-30(39)19(2)33-3)35-25(22)8-5-20-4-7-23(31)24(32)17-20/h4,6-7,9-17,19,33H,5,8H2,1-3H3,(H,35,36,39). The third kappa shape index (κ3) is 5.81. The predicted octanol–water partition coefficient (Wildman–Crippen LogP) is 6.41. The number of imidazole rings is 1. The van der Waals surface area contributed by atoms with Crippen LogP contribution in [0, 0.1) is 6.92 Å². The largest absolute Gasteiger partial charge is 0.309 e. The maximum atomic E-state index is 12.6. The van der Waals surface area contributed by atoms with Crippen molar-refractivity contribution in [3.8, 4) is 22.5 Å². The van der Waals surface area contributed by atoms with Crippen molar-refractivity contribution >= 4 is 40.6 Å². The number of nitrogens with one attached hydrogen (secondary N) is 2. The molecule has 0 aliphatic rings. The lowest BCUT2D eigenvalue weighted by molar-refractivity contribution is -0.117. The Bertz CT molecular complexity index is 1650. The Morgan fingerprint density at radius 1 is 0.974 bits per heavy atom. The number of halogens is 2. The normalized spacial score (nSPS) is 12.0. The number of amides is 1. The van der Waals surface area contributed by atoms with Crippen LogP contribution in [0.1, 0.15) is 23.7 Å². The number of aromatic nitrogens is 4. The van der Waals surface area contributed by atoms with Crippen molar-refractivity contribution in [2.24, 2.45) is 0 Å². The highest BCUT2D eigenvalue weighted by molar-refractivity contribution is 6.42. The maximum absolute atomic E-state index is 12.6. The number of rotatable bonds is 8. The minimum atomic E-state index is -0.355. The van der Waals surface area contributed by atoms with Gasteiger partial charge in [-0.25, -0.2) is 9.97 Å². The molecule has 0 radical (unpaired) electrons. The van der Waals surface area contributed by atoms with E-state index < -0.39 is 0 Å². The Morgan fingerprint density at radius 3 is 2.51 bits per heavy atom. The van der Waals surface area contributed by atoms with Crippen molar-refractivity contribution < 1.29 is 4.79 Å². The molecular formula is C30H28Cl2N6O. The summed E-state index contributed by atoms with van der Waals surface area (Å²) in [6.07, 6.45) is 6.85. The van der Waals surface area contributed by atoms with Crippen molar-refractivity contribution in [1.82, 2.24) is 24.7 Å². The second kappa shape index (κ2) is 11.5. The monoisotopic (exact) mass is 558 g/mol. The van der Waals surface area contributed by atoms with Crippen LogP contribution in [0.25, 0.3) is 28.2 Å². The van der Waals surface area contributed by atoms with Crippen molar-refractivity contribution in [3.05, 3.63) is 100 Å². The number of aryl methyl sites for hydroxylation is 3. The minimum Gasteiger partial charge on any atom is -0.309 e. The molecule has 0 aliphatic carbocycles. The van der Waals surface area contributed by atoms with Gasteiger partial charge in [-0.2, -0.15) is 0 Å². The fourth-order valence-corrected chi connectivity index (χ4v) is 4.74. The lowest BCUT2D eigenvalue weighted by Crippen LogP contribution is -2.35. The van der Waals surface area contributed by atoms with Crippen LogP contribution in [0.3, 0.4) is 0 Å². The van der Waals surface area contributed by atoms with Gasteiger partial charge in [-0.1, -0.05) is 29.3 Å². The molecule has 0 saturated carbocycles. The molecule has 5 aromatic rings. The molecule has 5 rings (SSSR count). The van der Waals surface area contributed by atoms with E-state index in [1.807, 2.05) is 49.5 Å². The second-order valence-corrected chi connectivity index (χ2v) is 10.2. The summed E-state index contributed by atoms with van der Waals surface area (Å²) in [6, 6.07) is 17.2. The molecule has 0 spiro atoms. The molecule has 0 saturated heterocycles. The van der Waals surface area contributed by atoms with Crippen LogP contribution >= 0.6 is 23.2 Å². The first-order chi connectivity index (χ1) is 18.8. The van der Waals surface area contributed by atoms with Crippen LogP contribution in [0.15, 0.2) is 73.2 Å². The van der Waals surface area contributed by atoms with E-state index >= 15 is 0 Å². The third-order valence-corrected chi connectivity index (χ3v) is 7.42. The van der Waals surface area contributed by atoms with Gasteiger partial charge in [0.05, 0.1) is 33.2 Å². The summed E-state index contributed by atoms with van der Waals surface area (Å²) in [7, 11) is 1.75. The Hall–Kier alpha value is -3.78. The highest BCUT2D eigenvalue weighted by atomic mass is 35.5. The zero-order chi connectivity index (χ0) is 27.5. The van der Waals surface area contributed by atoms with Gasteiger partial charge >= 0.3 is 0 Å². The van der Waals surface area contributed by atoms with Crippen LogP contribution < -0.4 is 10.6 Å². The van der Waals surface area contributed by atoms with Gasteiger partial charge in [0.1, 0.15) is 11.5 Å². The van der Waals surface area contributed by atoms with Crippen molar-refractivity contribution in [3.63, 3.8) is 0 Å². The van der Waals surface area contributed by atoms with Crippen LogP contribution in [-0.4, -0.2) is 38.3 Å². The molecule has 1 aromatic carbocycles. The molecule has 1 atom stereocenters. The SMILES string of the molecule is CNC(C)C(=O)Nc1ccc(-c2c(-c3ccncc3)nc3cc(C)ccn23)c(CCc2ccc(Cl)c(Cl)c2)n1. The minimum absolute atomic E-state index is 0.157. The molecule has 2 N–H and O–H groups in total. The molecule has 4 heterocycles. The van der Waals surface area contributed by atoms with E-state index in [0.717, 1.165) is 45.0 Å². The number of nitrogens with zero attached hydrogens (tertiary/aromatic N) is 4. The van der Waals surface area contributed by atoms with E-state index in [1.165, 1.54) is 0 Å². The fraction of sp³-hybridized carbons (Fsp3) is 0.200. The molecule has 1 amide bonds. The summed E-state index contributed by atoms with van der Waals surface area (Å²) in [4.78, 5) is 26.7. The van der Waals surface area contributed by atoms with Crippen LogP contribution in [0.4, 0.5) is 5.82 Å². The number of carbonyl (C=O) groups excluding carboxylic acids is 1. The molecule has 39 heavy (non-hydrogen) atoms. The highest BCUT2D eigenvalue weighted by Gasteiger charge is 2.21. The quantitative estimate of drug-likeness (QED) is 0.230. The number of fused-ring (bicyclic) bond motifs is 1. The van der Waals surface area contributed by atoms with E-state index in [0.29, 0.717) is 28.7 Å². The topological polar surface area (TPSA) is 84.2 Å². The second-order valence-electron chi connectivity index (χ2n) is 9.42. The summed E-state index contributed by atoms with van der Waals surface area (Å²) in [5.41, 5.74) is 7.47. The van der Waals surface area contributed by atoms with Gasteiger partial charge in [-0.15, -0.1) is 0 Å². The summed E-state index contributed by atoms with van der Waals surface area (Å²) in [6.45, 7) is 3.85. The summed E-state index contributed by atoms with van der Waals surface area (Å²) >= 11 is 12.4. The zero-order valence-corrected chi connectivity index (χ0v) is 23.4. The van der Waals surface area contributed by atoms with Gasteiger partial charge in [-0.3, -0.25) is 14.2 Å². The molecule has 9 heteroatoms. The van der Waals surface area contributed by atoms with E-state index in [1.54, 1.807) is 32.4 Å². The van der Waals surface area contributed by atoms with Crippen molar-refractivity contribution in [2.75, 3.05) is 12.4 Å². The first kappa shape index (κ1) is 26.8. The summed E-state index contributed by atoms with van der Waals surface area (Å²) in [5, 5.41) is 6.92. The highest BCUT2D eigenvalue weighted by Crippen LogP contribution is 2.35. The van der Waals surface area contributed by atoms with E-state index in [9.17, 15) is 4.79 Å². The predicted molar refractivity (Wildman–Crippen MR) is 157 cm³/mol. The van der Waals surface area contributed by atoms with E-state index in [-0.39, 0.29) is 11.9 Å². The number of hydrogen-bond acceptors (Lipinski definition) is 5. The maximum Gasteiger partial charge on any atom is 0.242 e. The smallest absolute Gasteiger partial charge is 0.242 e. The van der Waals surface area contributed by atoms with Gasteiger partial charge in [0.25, 0.3) is 0 Å². The molecule has 0 aliphatic heterocycles. The molecular weight excluding hydrogens is 531 g/mol. The Morgan fingerprint density at radius 2 is 1.77 bits per heavy atom. The average Bonchev–Trinajstić information content (AvgIpc) is 3.32. The molecule has 198 valence electrons. The Labute approximate surface area is 237 Å². The lowest BCUT2D eigenvalue weighted by atomic mass is 10.00. The molecule has 0 fully saturated rings. The van der Waals surface area contributed by atoms with Crippen molar-refractivity contribution in [1.29, 1.82) is 0 Å². The lowest BCUT2D eigenvalue weighted by Gasteiger charge is -2.15. The van der Waals surface area contributed by atoms with Crippen molar-refractivity contribution in [2.45, 2.75) is 32.7 Å². The molecule has 4 aromatic heterocycles. The number of likely N-dealkylation sites (N-methyl/N-ethyl adjacent to an activating group) is 1. The first-order valence-electron chi connectivity index (χ1n) is 12.7. The van der Waals surface area contributed by atoms with Gasteiger partial charge in [0.2, 0.25) is 5.91 Å². The molecule has 7 nitrogen and oxygen atoms in total. The first-order valence-corrected chi connectivity index (χ1v) is 13.4. The number of carbonyl (C=O) groups is 1. The fourth-order valence-electron chi connectivity index (χ4n) is 4.42. The van der Waals surface area contributed by atoms with Gasteiger partial charge in [0, 0.05) is 29.7 Å². The van der Waals surface area contributed by atoms with Gasteiger partial charge in [0.15, 0.2) is 0 Å². The van der Waals surface area contributed by atoms with Gasteiger partial charge < -0.3 is 10.6 Å². The average molecular weight is 560 g/mol. The Balaban J connectivity index is 1.64. The van der Waals surface area contributed by atoms with E-state index in [2.05, 4.69) is 32.2 Å². The molecule has 1 unspecified atom stereocenters. The van der Waals surface area contributed by atoms with E-state index in [4.69, 9.17) is 33.2 Å². The number of pyridine rings is 3. The third-order valence-electron chi connectivity index (χ3n) is 6.68. The summed E-state index contributed by atoms with van der Waals surface area (Å²) in [5.74, 6) is 0.334. The number of hydrogen-bond donors (Lipinski definition) is 2. The zero-order valence-electron chi connectivity index (χ0n) is 21.9. The Kier molecular flexibility index (Phi) is 7.93. The molecule has 0 bridgehead atoms.